The van der Waals surface area contributed by atoms with E-state index in [1.54, 1.807) is 6.92 Å². The Balaban J connectivity index is 3.94. The first-order valence-corrected chi connectivity index (χ1v) is 19.5. The molecule has 2 unspecified atom stereocenters. The average molecular weight is 609 g/mol. The molecule has 0 aliphatic heterocycles. The number of hydrogen-bond acceptors (Lipinski definition) is 4. The van der Waals surface area contributed by atoms with Gasteiger partial charge in [-0.1, -0.05) is 201 Å². The number of aliphatic hydroxyl groups is 1. The lowest BCUT2D eigenvalue weighted by Crippen LogP contribution is -2.29. The smallest absolute Gasteiger partial charge is 0.318 e. The summed E-state index contributed by atoms with van der Waals surface area (Å²) in [7, 11) is 0. The van der Waals surface area contributed by atoms with Crippen LogP contribution in [0.4, 0.5) is 0 Å². The van der Waals surface area contributed by atoms with E-state index in [2.05, 4.69) is 13.8 Å². The van der Waals surface area contributed by atoms with Gasteiger partial charge in [-0.3, -0.25) is 9.59 Å². The molecule has 0 spiro atoms. The van der Waals surface area contributed by atoms with E-state index in [1.807, 2.05) is 0 Å². The molecular weight excluding hydrogens is 532 g/mol. The van der Waals surface area contributed by atoms with Crippen LogP contribution < -0.4 is 0 Å². The van der Waals surface area contributed by atoms with Crippen molar-refractivity contribution >= 4 is 11.8 Å². The van der Waals surface area contributed by atoms with Gasteiger partial charge < -0.3 is 9.84 Å². The Labute approximate surface area is 269 Å². The Morgan fingerprint density at radius 3 is 1.09 bits per heavy atom. The highest BCUT2D eigenvalue weighted by molar-refractivity contribution is 5.98. The number of ketones is 1. The van der Waals surface area contributed by atoms with Gasteiger partial charge in [0.2, 0.25) is 0 Å². The number of ether oxygens (including phenoxy) is 1. The van der Waals surface area contributed by atoms with Gasteiger partial charge >= 0.3 is 5.97 Å². The van der Waals surface area contributed by atoms with E-state index >= 15 is 0 Å². The van der Waals surface area contributed by atoms with Crippen LogP contribution in [0.1, 0.15) is 226 Å². The molecular formula is C39H76O4. The van der Waals surface area contributed by atoms with Crippen LogP contribution in [0.5, 0.6) is 0 Å². The van der Waals surface area contributed by atoms with Crippen LogP contribution in [0.2, 0.25) is 0 Å². The second-order valence-electron chi connectivity index (χ2n) is 13.4. The largest absolute Gasteiger partial charge is 0.435 e. The SMILES string of the molecule is CCCCCCCCCCCCCCCCCC(=O)C(CCCCCCCCCCCCCCCC)C(=O)OC(O)CC. The number of aliphatic hydroxyl groups excluding tert-OH is 1. The molecule has 0 aromatic carbocycles. The fraction of sp³-hybridized carbons (Fsp3) is 0.949. The second-order valence-corrected chi connectivity index (χ2v) is 13.4. The van der Waals surface area contributed by atoms with Crippen LogP contribution >= 0.6 is 0 Å². The standard InChI is InChI=1S/C39H76O4/c1-4-7-9-11-13-15-17-19-21-23-25-27-29-31-33-35-37(40)36(39(42)43-38(41)6-3)34-32-30-28-26-24-22-20-18-16-14-12-10-8-5-2/h36,38,41H,4-35H2,1-3H3. The van der Waals surface area contributed by atoms with Crippen molar-refractivity contribution in [3.8, 4) is 0 Å². The van der Waals surface area contributed by atoms with Crippen molar-refractivity contribution in [1.29, 1.82) is 0 Å². The van der Waals surface area contributed by atoms with Crippen LogP contribution in [0, 0.1) is 5.92 Å². The van der Waals surface area contributed by atoms with Crippen LogP contribution in [0.15, 0.2) is 0 Å². The molecule has 0 heterocycles. The summed E-state index contributed by atoms with van der Waals surface area (Å²) in [6, 6.07) is 0. The molecule has 0 saturated carbocycles. The quantitative estimate of drug-likeness (QED) is 0.0336. The lowest BCUT2D eigenvalue weighted by Gasteiger charge is -2.17. The number of unbranched alkanes of at least 4 members (excludes halogenated alkanes) is 27. The van der Waals surface area contributed by atoms with Crippen molar-refractivity contribution in [2.45, 2.75) is 233 Å². The average Bonchev–Trinajstić information content (AvgIpc) is 3.00. The third-order valence-corrected chi connectivity index (χ3v) is 9.15. The molecule has 4 nitrogen and oxygen atoms in total. The summed E-state index contributed by atoms with van der Waals surface area (Å²) in [5.74, 6) is -1.21. The molecule has 0 saturated heterocycles. The summed E-state index contributed by atoms with van der Waals surface area (Å²) in [6.07, 6.45) is 37.7. The molecule has 0 bridgehead atoms. The van der Waals surface area contributed by atoms with E-state index in [4.69, 9.17) is 4.74 Å². The molecule has 4 heteroatoms. The maximum absolute atomic E-state index is 13.0. The molecule has 0 aromatic rings. The monoisotopic (exact) mass is 609 g/mol. The summed E-state index contributed by atoms with van der Waals surface area (Å²) < 4.78 is 5.18. The maximum atomic E-state index is 13.0. The van der Waals surface area contributed by atoms with Crippen LogP contribution in [-0.4, -0.2) is 23.1 Å². The van der Waals surface area contributed by atoms with Crippen molar-refractivity contribution < 1.29 is 19.4 Å². The highest BCUT2D eigenvalue weighted by atomic mass is 16.6. The highest BCUT2D eigenvalue weighted by Gasteiger charge is 2.28. The number of carbonyl (C=O) groups excluding carboxylic acids is 2. The van der Waals surface area contributed by atoms with Gasteiger partial charge in [0.25, 0.3) is 0 Å². The van der Waals surface area contributed by atoms with Crippen LogP contribution in [-0.2, 0) is 14.3 Å². The first-order valence-electron chi connectivity index (χ1n) is 19.5. The van der Waals surface area contributed by atoms with E-state index in [0.29, 0.717) is 19.3 Å². The zero-order valence-corrected chi connectivity index (χ0v) is 29.5. The molecule has 0 fully saturated rings. The molecule has 0 aliphatic rings. The molecule has 2 atom stereocenters. The third kappa shape index (κ3) is 29.6. The normalized spacial score (nSPS) is 12.8. The van der Waals surface area contributed by atoms with Crippen molar-refractivity contribution in [2.24, 2.45) is 5.92 Å². The second kappa shape index (κ2) is 34.0. The topological polar surface area (TPSA) is 63.6 Å². The number of Topliss-reactive ketones (excluding diaryl/α,β-unsaturated/α-hetero) is 1. The van der Waals surface area contributed by atoms with Crippen molar-refractivity contribution in [3.05, 3.63) is 0 Å². The maximum Gasteiger partial charge on any atom is 0.318 e. The van der Waals surface area contributed by atoms with Gasteiger partial charge in [-0.15, -0.1) is 0 Å². The van der Waals surface area contributed by atoms with Crippen LogP contribution in [0.25, 0.3) is 0 Å². The molecule has 0 amide bonds. The lowest BCUT2D eigenvalue weighted by atomic mass is 9.92. The first-order chi connectivity index (χ1) is 21.1. The van der Waals surface area contributed by atoms with Crippen molar-refractivity contribution in [2.75, 3.05) is 0 Å². The zero-order chi connectivity index (χ0) is 31.6. The molecule has 43 heavy (non-hydrogen) atoms. The summed E-state index contributed by atoms with van der Waals surface area (Å²) in [6.45, 7) is 6.32. The van der Waals surface area contributed by atoms with E-state index in [9.17, 15) is 14.7 Å². The lowest BCUT2D eigenvalue weighted by molar-refractivity contribution is -0.174. The minimum Gasteiger partial charge on any atom is -0.435 e. The Morgan fingerprint density at radius 1 is 0.465 bits per heavy atom. The van der Waals surface area contributed by atoms with Gasteiger partial charge in [0.1, 0.15) is 11.7 Å². The Kier molecular flexibility index (Phi) is 33.3. The van der Waals surface area contributed by atoms with Crippen molar-refractivity contribution in [1.82, 2.24) is 0 Å². The van der Waals surface area contributed by atoms with Crippen molar-refractivity contribution in [3.63, 3.8) is 0 Å². The van der Waals surface area contributed by atoms with Gasteiger partial charge in [-0.25, -0.2) is 0 Å². The van der Waals surface area contributed by atoms with E-state index < -0.39 is 18.2 Å². The van der Waals surface area contributed by atoms with E-state index in [1.165, 1.54) is 161 Å². The number of hydrogen-bond donors (Lipinski definition) is 1. The Bertz CT molecular complexity index is 590. The number of rotatable bonds is 35. The summed E-state index contributed by atoms with van der Waals surface area (Å²) in [5.41, 5.74) is 0. The van der Waals surface area contributed by atoms with E-state index in [-0.39, 0.29) is 5.78 Å². The van der Waals surface area contributed by atoms with Gasteiger partial charge in [0.15, 0.2) is 6.29 Å². The van der Waals surface area contributed by atoms with E-state index in [0.717, 1.165) is 25.7 Å². The Hall–Kier alpha value is -0.900. The minimum absolute atomic E-state index is 0.0118. The fourth-order valence-electron chi connectivity index (χ4n) is 6.10. The molecule has 0 rings (SSSR count). The summed E-state index contributed by atoms with van der Waals surface area (Å²) in [5, 5.41) is 9.82. The fourth-order valence-corrected chi connectivity index (χ4v) is 6.10. The number of carbonyl (C=O) groups is 2. The Morgan fingerprint density at radius 2 is 0.767 bits per heavy atom. The molecule has 0 aliphatic carbocycles. The first kappa shape index (κ1) is 42.1. The van der Waals surface area contributed by atoms with Gasteiger partial charge in [-0.2, -0.15) is 0 Å². The minimum atomic E-state index is -1.11. The predicted octanol–water partition coefficient (Wildman–Crippen LogP) is 12.6. The molecule has 0 radical (unpaired) electrons. The highest BCUT2D eigenvalue weighted by Crippen LogP contribution is 2.20. The van der Waals surface area contributed by atoms with Gasteiger partial charge in [0.05, 0.1) is 0 Å². The summed E-state index contributed by atoms with van der Waals surface area (Å²) >= 11 is 0. The third-order valence-electron chi connectivity index (χ3n) is 9.15. The predicted molar refractivity (Wildman–Crippen MR) is 185 cm³/mol. The summed E-state index contributed by atoms with van der Waals surface area (Å²) in [4.78, 5) is 25.6. The van der Waals surface area contributed by atoms with Crippen LogP contribution in [0.3, 0.4) is 0 Å². The molecule has 1 N–H and O–H groups in total. The van der Waals surface area contributed by atoms with Gasteiger partial charge in [0, 0.05) is 12.8 Å². The zero-order valence-electron chi connectivity index (χ0n) is 29.5. The van der Waals surface area contributed by atoms with Gasteiger partial charge in [-0.05, 0) is 12.8 Å². The molecule has 256 valence electrons. The number of esters is 1. The molecule has 0 aromatic heterocycles.